The summed E-state index contributed by atoms with van der Waals surface area (Å²) in [7, 11) is 0. The molecular weight excluding hydrogens is 376 g/mol. The molecule has 0 radical (unpaired) electrons. The van der Waals surface area contributed by atoms with Crippen LogP contribution in [0.3, 0.4) is 0 Å². The van der Waals surface area contributed by atoms with Crippen molar-refractivity contribution in [3.8, 4) is 11.3 Å². The molecule has 5 aromatic rings. The van der Waals surface area contributed by atoms with Crippen molar-refractivity contribution >= 4 is 28.8 Å². The predicted octanol–water partition coefficient (Wildman–Crippen LogP) is 5.26. The molecule has 30 heavy (non-hydrogen) atoms. The van der Waals surface area contributed by atoms with Crippen LogP contribution in [0, 0.1) is 0 Å². The van der Waals surface area contributed by atoms with Crippen LogP contribution >= 0.6 is 0 Å². The molecule has 2 aromatic heterocycles. The van der Waals surface area contributed by atoms with Gasteiger partial charge < -0.3 is 4.42 Å². The zero-order valence-electron chi connectivity index (χ0n) is 15.8. The number of aromatic nitrogens is 3. The van der Waals surface area contributed by atoms with Crippen molar-refractivity contribution in [2.24, 2.45) is 0 Å². The summed E-state index contributed by atoms with van der Waals surface area (Å²) in [5, 5.41) is 3.00. The summed E-state index contributed by atoms with van der Waals surface area (Å²) >= 11 is 0. The lowest BCUT2D eigenvalue weighted by atomic mass is 9.99. The van der Waals surface area contributed by atoms with Crippen molar-refractivity contribution in [3.63, 3.8) is 0 Å². The van der Waals surface area contributed by atoms with Crippen LogP contribution in [0.2, 0.25) is 0 Å². The highest BCUT2D eigenvalue weighted by Crippen LogP contribution is 2.26. The number of benzene rings is 3. The van der Waals surface area contributed by atoms with E-state index in [0.717, 1.165) is 11.1 Å². The molecule has 6 nitrogen and oxygen atoms in total. The van der Waals surface area contributed by atoms with Gasteiger partial charge >= 0.3 is 6.01 Å². The van der Waals surface area contributed by atoms with E-state index in [1.165, 1.54) is 6.20 Å². The molecule has 0 aliphatic rings. The van der Waals surface area contributed by atoms with Crippen LogP contribution in [0.5, 0.6) is 0 Å². The molecule has 1 N–H and O–H groups in total. The van der Waals surface area contributed by atoms with Gasteiger partial charge in [-0.25, -0.2) is 9.97 Å². The third-order valence-electron chi connectivity index (χ3n) is 4.63. The Morgan fingerprint density at radius 2 is 1.50 bits per heavy atom. The average Bonchev–Trinajstić information content (AvgIpc) is 3.22. The minimum atomic E-state index is -0.136. The smallest absolute Gasteiger partial charge is 0.302 e. The van der Waals surface area contributed by atoms with E-state index in [9.17, 15) is 4.79 Å². The van der Waals surface area contributed by atoms with Gasteiger partial charge in [-0.15, -0.1) is 0 Å². The summed E-state index contributed by atoms with van der Waals surface area (Å²) in [6, 6.07) is 26.4. The second kappa shape index (κ2) is 7.60. The molecule has 0 spiro atoms. The van der Waals surface area contributed by atoms with E-state index in [1.54, 1.807) is 12.1 Å². The first-order valence-electron chi connectivity index (χ1n) is 9.43. The molecule has 2 heterocycles. The Balaban J connectivity index is 1.56. The van der Waals surface area contributed by atoms with Crippen LogP contribution in [-0.4, -0.2) is 20.7 Å². The number of ketones is 1. The van der Waals surface area contributed by atoms with E-state index >= 15 is 0 Å². The Bertz CT molecular complexity index is 1300. The number of para-hydroxylation sites is 2. The lowest BCUT2D eigenvalue weighted by molar-refractivity contribution is 0.103. The second-order valence-electron chi connectivity index (χ2n) is 6.63. The Morgan fingerprint density at radius 3 is 2.27 bits per heavy atom. The Kier molecular flexibility index (Phi) is 4.50. The van der Waals surface area contributed by atoms with Crippen LogP contribution in [0.1, 0.15) is 15.9 Å². The first-order valence-corrected chi connectivity index (χ1v) is 9.43. The highest BCUT2D eigenvalue weighted by atomic mass is 16.4. The number of fused-ring (bicyclic) bond motifs is 1. The molecule has 0 atom stereocenters. The Labute approximate surface area is 172 Å². The SMILES string of the molecule is O=C(c1ccccc1)c1cnc(Nc2nc3ccccc3o2)nc1-c1ccccc1. The number of hydrogen-bond donors (Lipinski definition) is 1. The molecule has 6 heteroatoms. The van der Waals surface area contributed by atoms with E-state index in [2.05, 4.69) is 20.3 Å². The third-order valence-corrected chi connectivity index (χ3v) is 4.63. The summed E-state index contributed by atoms with van der Waals surface area (Å²) in [5.41, 5.74) is 3.77. The predicted molar refractivity (Wildman–Crippen MR) is 115 cm³/mol. The van der Waals surface area contributed by atoms with E-state index < -0.39 is 0 Å². The molecule has 0 aliphatic heterocycles. The number of hydrogen-bond acceptors (Lipinski definition) is 6. The zero-order valence-corrected chi connectivity index (χ0v) is 15.8. The molecule has 0 amide bonds. The second-order valence-corrected chi connectivity index (χ2v) is 6.63. The van der Waals surface area contributed by atoms with Gasteiger partial charge in [-0.2, -0.15) is 4.98 Å². The van der Waals surface area contributed by atoms with Crippen molar-refractivity contribution in [2.45, 2.75) is 0 Å². The molecule has 3 aromatic carbocycles. The molecule has 5 rings (SSSR count). The number of carbonyl (C=O) groups is 1. The normalized spacial score (nSPS) is 10.8. The average molecular weight is 392 g/mol. The molecule has 0 saturated heterocycles. The van der Waals surface area contributed by atoms with Crippen LogP contribution in [-0.2, 0) is 0 Å². The number of carbonyl (C=O) groups excluding carboxylic acids is 1. The van der Waals surface area contributed by atoms with Gasteiger partial charge in [-0.1, -0.05) is 72.8 Å². The summed E-state index contributed by atoms with van der Waals surface area (Å²) in [6.45, 7) is 0. The largest absolute Gasteiger partial charge is 0.423 e. The number of anilines is 2. The number of oxazole rings is 1. The molecular formula is C24H16N4O2. The standard InChI is InChI=1S/C24H16N4O2/c29-22(17-11-5-2-6-12-17)18-15-25-23(27-21(18)16-9-3-1-4-10-16)28-24-26-19-13-7-8-14-20(19)30-24/h1-15H,(H,25,26,27,28). The van der Waals surface area contributed by atoms with E-state index in [4.69, 9.17) is 4.42 Å². The maximum Gasteiger partial charge on any atom is 0.302 e. The Hall–Kier alpha value is -4.32. The van der Waals surface area contributed by atoms with Crippen LogP contribution in [0.4, 0.5) is 12.0 Å². The lowest BCUT2D eigenvalue weighted by Crippen LogP contribution is -2.08. The minimum Gasteiger partial charge on any atom is -0.423 e. The fourth-order valence-electron chi connectivity index (χ4n) is 3.19. The monoisotopic (exact) mass is 392 g/mol. The zero-order chi connectivity index (χ0) is 20.3. The molecule has 0 bridgehead atoms. The van der Waals surface area contributed by atoms with Crippen molar-refractivity contribution in [1.29, 1.82) is 0 Å². The van der Waals surface area contributed by atoms with Crippen LogP contribution in [0.15, 0.2) is 95.5 Å². The highest BCUT2D eigenvalue weighted by molar-refractivity contribution is 6.12. The molecule has 0 unspecified atom stereocenters. The van der Waals surface area contributed by atoms with Crippen molar-refractivity contribution in [3.05, 3.63) is 102 Å². The fraction of sp³-hybridized carbons (Fsp3) is 0. The summed E-state index contributed by atoms with van der Waals surface area (Å²) in [5.74, 6) is 0.160. The van der Waals surface area contributed by atoms with Crippen molar-refractivity contribution in [2.75, 3.05) is 5.32 Å². The van der Waals surface area contributed by atoms with E-state index in [1.807, 2.05) is 72.8 Å². The quantitative estimate of drug-likeness (QED) is 0.411. The van der Waals surface area contributed by atoms with Gasteiger partial charge in [0, 0.05) is 17.3 Å². The maximum atomic E-state index is 13.1. The van der Waals surface area contributed by atoms with E-state index in [-0.39, 0.29) is 11.8 Å². The van der Waals surface area contributed by atoms with Gasteiger partial charge in [-0.05, 0) is 12.1 Å². The van der Waals surface area contributed by atoms with Gasteiger partial charge in [0.2, 0.25) is 5.95 Å². The fourth-order valence-corrected chi connectivity index (χ4v) is 3.19. The Morgan fingerprint density at radius 1 is 0.800 bits per heavy atom. The molecule has 0 fully saturated rings. The van der Waals surface area contributed by atoms with Crippen molar-refractivity contribution in [1.82, 2.24) is 15.0 Å². The minimum absolute atomic E-state index is 0.136. The maximum absolute atomic E-state index is 13.1. The van der Waals surface area contributed by atoms with Gasteiger partial charge in [0.15, 0.2) is 11.4 Å². The lowest BCUT2D eigenvalue weighted by Gasteiger charge is -2.10. The summed E-state index contributed by atoms with van der Waals surface area (Å²) in [6.07, 6.45) is 1.54. The van der Waals surface area contributed by atoms with Gasteiger partial charge in [-0.3, -0.25) is 10.1 Å². The summed E-state index contributed by atoms with van der Waals surface area (Å²) in [4.78, 5) is 26.4. The van der Waals surface area contributed by atoms with Crippen molar-refractivity contribution < 1.29 is 9.21 Å². The summed E-state index contributed by atoms with van der Waals surface area (Å²) < 4.78 is 5.70. The molecule has 144 valence electrons. The van der Waals surface area contributed by atoms with Gasteiger partial charge in [0.25, 0.3) is 0 Å². The molecule has 0 saturated carbocycles. The highest BCUT2D eigenvalue weighted by Gasteiger charge is 2.18. The van der Waals surface area contributed by atoms with Crippen LogP contribution in [0.25, 0.3) is 22.4 Å². The van der Waals surface area contributed by atoms with Gasteiger partial charge in [0.1, 0.15) is 5.52 Å². The number of nitrogens with one attached hydrogen (secondary N) is 1. The van der Waals surface area contributed by atoms with E-state index in [0.29, 0.717) is 28.4 Å². The topological polar surface area (TPSA) is 80.9 Å². The number of nitrogens with zero attached hydrogens (tertiary/aromatic N) is 3. The van der Waals surface area contributed by atoms with Gasteiger partial charge in [0.05, 0.1) is 11.3 Å². The first-order chi connectivity index (χ1) is 14.8. The van der Waals surface area contributed by atoms with Crippen LogP contribution < -0.4 is 5.32 Å². The third kappa shape index (κ3) is 3.42. The molecule has 0 aliphatic carbocycles. The first kappa shape index (κ1) is 17.8. The number of rotatable bonds is 5.